The zero-order chi connectivity index (χ0) is 51.4. The van der Waals surface area contributed by atoms with Gasteiger partial charge in [-0.3, -0.25) is 14.4 Å². The molecule has 408 valence electrons. The maximum absolute atomic E-state index is 12.8. The molecule has 0 rings (SSSR count). The number of carbonyl (C=O) groups is 3. The highest BCUT2D eigenvalue weighted by Crippen LogP contribution is 2.16. The minimum atomic E-state index is -0.777. The molecular formula is C65H112O6. The summed E-state index contributed by atoms with van der Waals surface area (Å²) in [4.78, 5) is 37.8. The van der Waals surface area contributed by atoms with Gasteiger partial charge < -0.3 is 14.2 Å². The Balaban J connectivity index is 3.95. The molecule has 0 saturated heterocycles. The number of esters is 3. The fraction of sp³-hybridized carbons (Fsp3) is 0.738. The van der Waals surface area contributed by atoms with Crippen molar-refractivity contribution >= 4 is 17.9 Å². The predicted octanol–water partition coefficient (Wildman–Crippen LogP) is 20.3. The average Bonchev–Trinajstić information content (AvgIpc) is 3.37. The molecule has 0 N–H and O–H groups in total. The fourth-order valence-corrected chi connectivity index (χ4v) is 8.38. The SMILES string of the molecule is CC/C=C\C/C=C\C/C=C\C/C=C\C/C=C\CCCCCCCCCCCCCCCCCCCC(=O)OCC(COC(=O)CCCCCCC)OC(=O)CCCCCCC/C=C\C/C=C\CCCCC. The first-order valence-corrected chi connectivity index (χ1v) is 30.1. The quantitative estimate of drug-likeness (QED) is 0.0261. The summed E-state index contributed by atoms with van der Waals surface area (Å²) in [6.07, 6.45) is 77.8. The van der Waals surface area contributed by atoms with E-state index in [-0.39, 0.29) is 31.1 Å². The van der Waals surface area contributed by atoms with Crippen molar-refractivity contribution in [3.05, 3.63) is 85.1 Å². The second-order valence-electron chi connectivity index (χ2n) is 19.9. The Morgan fingerprint density at radius 1 is 0.296 bits per heavy atom. The molecule has 0 aromatic heterocycles. The van der Waals surface area contributed by atoms with Gasteiger partial charge in [-0.25, -0.2) is 0 Å². The molecule has 1 atom stereocenters. The Labute approximate surface area is 439 Å². The lowest BCUT2D eigenvalue weighted by Gasteiger charge is -2.18. The lowest BCUT2D eigenvalue weighted by molar-refractivity contribution is -0.167. The smallest absolute Gasteiger partial charge is 0.306 e. The van der Waals surface area contributed by atoms with E-state index >= 15 is 0 Å². The van der Waals surface area contributed by atoms with Gasteiger partial charge in [0.2, 0.25) is 0 Å². The van der Waals surface area contributed by atoms with Crippen molar-refractivity contribution < 1.29 is 28.6 Å². The van der Waals surface area contributed by atoms with Crippen molar-refractivity contribution in [1.29, 1.82) is 0 Å². The number of rotatable bonds is 54. The lowest BCUT2D eigenvalue weighted by Crippen LogP contribution is -2.30. The number of hydrogen-bond donors (Lipinski definition) is 0. The van der Waals surface area contributed by atoms with Gasteiger partial charge in [-0.1, -0.05) is 260 Å². The first kappa shape index (κ1) is 67.6. The van der Waals surface area contributed by atoms with Gasteiger partial charge in [0.15, 0.2) is 6.10 Å². The van der Waals surface area contributed by atoms with Gasteiger partial charge >= 0.3 is 17.9 Å². The molecule has 0 aromatic rings. The van der Waals surface area contributed by atoms with Crippen LogP contribution < -0.4 is 0 Å². The summed E-state index contributed by atoms with van der Waals surface area (Å²) in [6, 6.07) is 0. The van der Waals surface area contributed by atoms with Crippen LogP contribution in [0.1, 0.15) is 290 Å². The van der Waals surface area contributed by atoms with Gasteiger partial charge in [0.05, 0.1) is 0 Å². The molecule has 0 saturated carbocycles. The minimum Gasteiger partial charge on any atom is -0.462 e. The van der Waals surface area contributed by atoms with Crippen LogP contribution in [0.2, 0.25) is 0 Å². The topological polar surface area (TPSA) is 78.9 Å². The summed E-state index contributed by atoms with van der Waals surface area (Å²) in [5.41, 5.74) is 0. The number of hydrogen-bond acceptors (Lipinski definition) is 6. The summed E-state index contributed by atoms with van der Waals surface area (Å²) in [7, 11) is 0. The van der Waals surface area contributed by atoms with Gasteiger partial charge in [-0.2, -0.15) is 0 Å². The summed E-state index contributed by atoms with van der Waals surface area (Å²) >= 11 is 0. The van der Waals surface area contributed by atoms with E-state index in [4.69, 9.17) is 14.2 Å². The van der Waals surface area contributed by atoms with Crippen molar-refractivity contribution in [2.45, 2.75) is 297 Å². The van der Waals surface area contributed by atoms with E-state index < -0.39 is 6.10 Å². The van der Waals surface area contributed by atoms with E-state index in [1.54, 1.807) is 0 Å². The zero-order valence-electron chi connectivity index (χ0n) is 46.7. The fourth-order valence-electron chi connectivity index (χ4n) is 8.38. The zero-order valence-corrected chi connectivity index (χ0v) is 46.7. The van der Waals surface area contributed by atoms with Gasteiger partial charge in [0.25, 0.3) is 0 Å². The highest BCUT2D eigenvalue weighted by atomic mass is 16.6. The van der Waals surface area contributed by atoms with E-state index in [0.717, 1.165) is 122 Å². The standard InChI is InChI=1S/C65H112O6/c1-4-7-10-13-15-17-19-21-23-24-25-26-27-28-29-30-31-32-33-34-35-36-37-38-39-40-42-43-45-47-49-52-55-58-64(67)70-61-62(60-69-63(66)57-54-51-12-9-6-3)71-65(68)59-56-53-50-48-46-44-41-22-20-18-16-14-11-8-5-2/h7,10,15-18,21-23,25-26,28-29,41,62H,4-6,8-9,11-14,19-20,24,27,30-40,42-61H2,1-3H3/b10-7-,17-15-,18-16-,23-21-,26-25-,29-28-,41-22-. The van der Waals surface area contributed by atoms with Crippen LogP contribution in [0.25, 0.3) is 0 Å². The molecule has 6 nitrogen and oxygen atoms in total. The molecule has 0 aliphatic heterocycles. The summed E-state index contributed by atoms with van der Waals surface area (Å²) in [6.45, 7) is 6.42. The molecular weight excluding hydrogens is 877 g/mol. The first-order chi connectivity index (χ1) is 35.0. The van der Waals surface area contributed by atoms with Crippen LogP contribution in [0.4, 0.5) is 0 Å². The van der Waals surface area contributed by atoms with Crippen LogP contribution in [0.15, 0.2) is 85.1 Å². The van der Waals surface area contributed by atoms with E-state index in [0.29, 0.717) is 19.3 Å². The maximum Gasteiger partial charge on any atom is 0.306 e. The molecule has 0 amide bonds. The molecule has 0 spiro atoms. The van der Waals surface area contributed by atoms with Crippen LogP contribution in [0.5, 0.6) is 0 Å². The van der Waals surface area contributed by atoms with Gasteiger partial charge in [-0.05, 0) is 96.3 Å². The monoisotopic (exact) mass is 989 g/mol. The maximum atomic E-state index is 12.8. The Morgan fingerprint density at radius 2 is 0.549 bits per heavy atom. The van der Waals surface area contributed by atoms with Crippen LogP contribution >= 0.6 is 0 Å². The summed E-state index contributed by atoms with van der Waals surface area (Å²) < 4.78 is 16.7. The Bertz CT molecular complexity index is 1370. The van der Waals surface area contributed by atoms with Crippen LogP contribution in [0, 0.1) is 0 Å². The molecule has 0 radical (unpaired) electrons. The second-order valence-corrected chi connectivity index (χ2v) is 19.9. The molecule has 1 unspecified atom stereocenters. The minimum absolute atomic E-state index is 0.0794. The third-order valence-corrected chi connectivity index (χ3v) is 12.9. The van der Waals surface area contributed by atoms with Crippen molar-refractivity contribution in [2.75, 3.05) is 13.2 Å². The number of unbranched alkanes of at least 4 members (excludes halogenated alkanes) is 29. The van der Waals surface area contributed by atoms with Crippen LogP contribution in [-0.4, -0.2) is 37.2 Å². The summed E-state index contributed by atoms with van der Waals surface area (Å²) in [5.74, 6) is -0.900. The number of allylic oxidation sites excluding steroid dienone is 14. The first-order valence-electron chi connectivity index (χ1n) is 30.1. The predicted molar refractivity (Wildman–Crippen MR) is 307 cm³/mol. The molecule has 6 heteroatoms. The average molecular weight is 990 g/mol. The number of ether oxygens (including phenoxy) is 3. The normalized spacial score (nSPS) is 12.7. The third-order valence-electron chi connectivity index (χ3n) is 12.9. The number of carbonyl (C=O) groups excluding carboxylic acids is 3. The van der Waals surface area contributed by atoms with Crippen molar-refractivity contribution in [3.63, 3.8) is 0 Å². The molecule has 71 heavy (non-hydrogen) atoms. The highest BCUT2D eigenvalue weighted by Gasteiger charge is 2.19. The molecule has 0 aromatic carbocycles. The van der Waals surface area contributed by atoms with Crippen molar-refractivity contribution in [3.8, 4) is 0 Å². The van der Waals surface area contributed by atoms with E-state index in [2.05, 4.69) is 106 Å². The Hall–Kier alpha value is -3.41. The largest absolute Gasteiger partial charge is 0.462 e. The van der Waals surface area contributed by atoms with Crippen molar-refractivity contribution in [2.24, 2.45) is 0 Å². The molecule has 0 bridgehead atoms. The molecule has 0 fully saturated rings. The Morgan fingerprint density at radius 3 is 0.887 bits per heavy atom. The van der Waals surface area contributed by atoms with E-state index in [9.17, 15) is 14.4 Å². The molecule has 0 heterocycles. The Kier molecular flexibility index (Phi) is 56.3. The second kappa shape index (κ2) is 59.2. The van der Waals surface area contributed by atoms with Crippen LogP contribution in [-0.2, 0) is 28.6 Å². The van der Waals surface area contributed by atoms with Crippen molar-refractivity contribution in [1.82, 2.24) is 0 Å². The molecule has 0 aliphatic rings. The third kappa shape index (κ3) is 57.4. The highest BCUT2D eigenvalue weighted by molar-refractivity contribution is 5.71. The van der Waals surface area contributed by atoms with Gasteiger partial charge in [0, 0.05) is 19.3 Å². The van der Waals surface area contributed by atoms with Gasteiger partial charge in [0.1, 0.15) is 13.2 Å². The summed E-state index contributed by atoms with van der Waals surface area (Å²) in [5, 5.41) is 0. The van der Waals surface area contributed by atoms with Gasteiger partial charge in [-0.15, -0.1) is 0 Å². The van der Waals surface area contributed by atoms with E-state index in [1.807, 2.05) is 0 Å². The van der Waals surface area contributed by atoms with E-state index in [1.165, 1.54) is 128 Å². The lowest BCUT2D eigenvalue weighted by atomic mass is 10.0. The van der Waals surface area contributed by atoms with Crippen LogP contribution in [0.3, 0.4) is 0 Å². The molecule has 0 aliphatic carbocycles.